The quantitative estimate of drug-likeness (QED) is 0.901. The van der Waals surface area contributed by atoms with Crippen molar-refractivity contribution in [1.29, 1.82) is 0 Å². The van der Waals surface area contributed by atoms with Crippen LogP contribution in [-0.2, 0) is 4.79 Å². The number of carbonyl (C=O) groups excluding carboxylic acids is 1. The molecule has 2 rings (SSSR count). The molecule has 0 spiro atoms. The topological polar surface area (TPSA) is 32.3 Å². The predicted octanol–water partition coefficient (Wildman–Crippen LogP) is 3.23. The van der Waals surface area contributed by atoms with Crippen molar-refractivity contribution >= 4 is 11.6 Å². The van der Waals surface area contributed by atoms with E-state index in [-0.39, 0.29) is 11.4 Å². The molecule has 0 aromatic heterocycles. The van der Waals surface area contributed by atoms with Crippen molar-refractivity contribution in [1.82, 2.24) is 4.90 Å². The molecular formula is C16H24N2O. The molecule has 0 saturated heterocycles. The maximum absolute atomic E-state index is 12.4. The summed E-state index contributed by atoms with van der Waals surface area (Å²) in [6.07, 6.45) is 1.55. The largest absolute Gasteiger partial charge is 0.384 e. The van der Waals surface area contributed by atoms with E-state index in [9.17, 15) is 4.79 Å². The molecule has 1 aromatic carbocycles. The Balaban J connectivity index is 2.05. The zero-order valence-corrected chi connectivity index (χ0v) is 12.4. The Morgan fingerprint density at radius 2 is 2.11 bits per heavy atom. The van der Waals surface area contributed by atoms with E-state index in [0.29, 0.717) is 12.3 Å². The second-order valence-corrected chi connectivity index (χ2v) is 5.99. The van der Waals surface area contributed by atoms with Gasteiger partial charge in [-0.3, -0.25) is 4.79 Å². The van der Waals surface area contributed by atoms with Gasteiger partial charge in [0.15, 0.2) is 0 Å². The number of nitrogens with zero attached hydrogens (tertiary/aromatic N) is 1. The number of hydrogen-bond donors (Lipinski definition) is 1. The normalized spacial score (nSPS) is 17.8. The third kappa shape index (κ3) is 2.75. The van der Waals surface area contributed by atoms with Crippen LogP contribution in [-0.4, -0.2) is 29.9 Å². The zero-order chi connectivity index (χ0) is 14.0. The first-order valence-corrected chi connectivity index (χ1v) is 7.05. The van der Waals surface area contributed by atoms with Crippen LogP contribution >= 0.6 is 0 Å². The van der Waals surface area contributed by atoms with E-state index < -0.39 is 0 Å². The highest BCUT2D eigenvalue weighted by molar-refractivity contribution is 5.78. The number of fused-ring (bicyclic) bond motifs is 1. The van der Waals surface area contributed by atoms with Crippen molar-refractivity contribution in [2.45, 2.75) is 45.1 Å². The summed E-state index contributed by atoms with van der Waals surface area (Å²) in [5.41, 5.74) is 2.39. The second kappa shape index (κ2) is 5.24. The van der Waals surface area contributed by atoms with E-state index in [2.05, 4.69) is 38.2 Å². The average molecular weight is 260 g/mol. The standard InChI is InChI=1S/C16H24N2O/c1-5-16(2,3)18(4)15(19)10-12-11-17-14-9-7-6-8-13(12)14/h6-9,12,17H,5,10-11H2,1-4H3. The van der Waals surface area contributed by atoms with Crippen molar-refractivity contribution in [3.05, 3.63) is 29.8 Å². The number of nitrogens with one attached hydrogen (secondary N) is 1. The molecule has 0 saturated carbocycles. The fourth-order valence-electron chi connectivity index (χ4n) is 2.46. The summed E-state index contributed by atoms with van der Waals surface area (Å²) in [5, 5.41) is 3.38. The summed E-state index contributed by atoms with van der Waals surface area (Å²) < 4.78 is 0. The second-order valence-electron chi connectivity index (χ2n) is 5.99. The van der Waals surface area contributed by atoms with Gasteiger partial charge >= 0.3 is 0 Å². The molecule has 19 heavy (non-hydrogen) atoms. The van der Waals surface area contributed by atoms with Crippen molar-refractivity contribution < 1.29 is 4.79 Å². The Bertz CT molecular complexity index is 468. The van der Waals surface area contributed by atoms with Crippen LogP contribution in [0, 0.1) is 0 Å². The summed E-state index contributed by atoms with van der Waals surface area (Å²) in [6, 6.07) is 8.28. The van der Waals surface area contributed by atoms with Crippen LogP contribution in [0.1, 0.15) is 45.1 Å². The highest BCUT2D eigenvalue weighted by Crippen LogP contribution is 2.34. The Hall–Kier alpha value is -1.51. The lowest BCUT2D eigenvalue weighted by atomic mass is 9.94. The van der Waals surface area contributed by atoms with Gasteiger partial charge in [0.2, 0.25) is 5.91 Å². The SMILES string of the molecule is CCC(C)(C)N(C)C(=O)CC1CNc2ccccc21. The number of carbonyl (C=O) groups is 1. The van der Waals surface area contributed by atoms with Gasteiger partial charge in [0.05, 0.1) is 0 Å². The molecule has 1 unspecified atom stereocenters. The summed E-state index contributed by atoms with van der Waals surface area (Å²) in [7, 11) is 1.92. The van der Waals surface area contributed by atoms with Gasteiger partial charge in [-0.15, -0.1) is 0 Å². The Kier molecular flexibility index (Phi) is 3.83. The maximum atomic E-state index is 12.4. The summed E-state index contributed by atoms with van der Waals surface area (Å²) in [4.78, 5) is 14.3. The van der Waals surface area contributed by atoms with Crippen molar-refractivity contribution in [3.63, 3.8) is 0 Å². The van der Waals surface area contributed by atoms with Crippen molar-refractivity contribution in [2.24, 2.45) is 0 Å². The van der Waals surface area contributed by atoms with Gasteiger partial charge in [0.1, 0.15) is 0 Å². The van der Waals surface area contributed by atoms with E-state index in [1.165, 1.54) is 11.3 Å². The predicted molar refractivity (Wildman–Crippen MR) is 79.4 cm³/mol. The van der Waals surface area contributed by atoms with Gasteiger partial charge in [-0.1, -0.05) is 25.1 Å². The third-order valence-electron chi connectivity index (χ3n) is 4.51. The lowest BCUT2D eigenvalue weighted by Gasteiger charge is -2.35. The number of rotatable bonds is 4. The smallest absolute Gasteiger partial charge is 0.223 e. The third-order valence-corrected chi connectivity index (χ3v) is 4.51. The first kappa shape index (κ1) is 13.9. The molecule has 104 valence electrons. The monoisotopic (exact) mass is 260 g/mol. The zero-order valence-electron chi connectivity index (χ0n) is 12.4. The van der Waals surface area contributed by atoms with Gasteiger partial charge in [0.25, 0.3) is 0 Å². The number of benzene rings is 1. The molecule has 1 atom stereocenters. The minimum atomic E-state index is -0.0668. The molecule has 1 aliphatic rings. The number of hydrogen-bond acceptors (Lipinski definition) is 2. The van der Waals surface area contributed by atoms with Crippen molar-refractivity contribution in [3.8, 4) is 0 Å². The lowest BCUT2D eigenvalue weighted by Crippen LogP contribution is -2.44. The van der Waals surface area contributed by atoms with Crippen LogP contribution < -0.4 is 5.32 Å². The van der Waals surface area contributed by atoms with Crippen molar-refractivity contribution in [2.75, 3.05) is 18.9 Å². The minimum Gasteiger partial charge on any atom is -0.384 e. The maximum Gasteiger partial charge on any atom is 0.223 e. The number of amides is 1. The molecular weight excluding hydrogens is 236 g/mol. The minimum absolute atomic E-state index is 0.0668. The van der Waals surface area contributed by atoms with Gasteiger partial charge in [-0.25, -0.2) is 0 Å². The van der Waals surface area contributed by atoms with Crippen LogP contribution in [0.4, 0.5) is 5.69 Å². The first-order valence-electron chi connectivity index (χ1n) is 7.05. The Morgan fingerprint density at radius 1 is 1.42 bits per heavy atom. The fourth-order valence-corrected chi connectivity index (χ4v) is 2.46. The van der Waals surface area contributed by atoms with Crippen LogP contribution in [0.15, 0.2) is 24.3 Å². The molecule has 0 radical (unpaired) electrons. The van der Waals surface area contributed by atoms with E-state index >= 15 is 0 Å². The van der Waals surface area contributed by atoms with E-state index in [1.54, 1.807) is 0 Å². The summed E-state index contributed by atoms with van der Waals surface area (Å²) in [6.45, 7) is 7.22. The van der Waals surface area contributed by atoms with Crippen LogP contribution in [0.25, 0.3) is 0 Å². The van der Waals surface area contributed by atoms with Crippen LogP contribution in [0.2, 0.25) is 0 Å². The summed E-state index contributed by atoms with van der Waals surface area (Å²) in [5.74, 6) is 0.536. The average Bonchev–Trinajstić information content (AvgIpc) is 2.81. The molecule has 1 aliphatic heterocycles. The molecule has 1 N–H and O–H groups in total. The number of anilines is 1. The molecule has 3 nitrogen and oxygen atoms in total. The van der Waals surface area contributed by atoms with Gasteiger partial charge in [-0.05, 0) is 31.9 Å². The van der Waals surface area contributed by atoms with Gasteiger partial charge in [-0.2, -0.15) is 0 Å². The number of para-hydroxylation sites is 1. The first-order chi connectivity index (χ1) is 8.95. The van der Waals surface area contributed by atoms with Crippen LogP contribution in [0.5, 0.6) is 0 Å². The lowest BCUT2D eigenvalue weighted by molar-refractivity contribution is -0.135. The molecule has 1 aromatic rings. The molecule has 0 bridgehead atoms. The van der Waals surface area contributed by atoms with E-state index in [4.69, 9.17) is 0 Å². The molecule has 1 amide bonds. The Morgan fingerprint density at radius 3 is 2.79 bits per heavy atom. The highest BCUT2D eigenvalue weighted by atomic mass is 16.2. The molecule has 0 fully saturated rings. The van der Waals surface area contributed by atoms with E-state index in [1.807, 2.05) is 24.1 Å². The molecule has 1 heterocycles. The summed E-state index contributed by atoms with van der Waals surface area (Å²) >= 11 is 0. The highest BCUT2D eigenvalue weighted by Gasteiger charge is 2.30. The fraction of sp³-hybridized carbons (Fsp3) is 0.562. The Labute approximate surface area is 116 Å². The van der Waals surface area contributed by atoms with E-state index in [0.717, 1.165) is 13.0 Å². The van der Waals surface area contributed by atoms with Crippen LogP contribution in [0.3, 0.4) is 0 Å². The van der Waals surface area contributed by atoms with Gasteiger partial charge < -0.3 is 10.2 Å². The van der Waals surface area contributed by atoms with Gasteiger partial charge in [0, 0.05) is 37.2 Å². The molecule has 3 heteroatoms. The molecule has 0 aliphatic carbocycles.